The van der Waals surface area contributed by atoms with E-state index in [9.17, 15) is 0 Å². The number of hydrogen-bond acceptors (Lipinski definition) is 4. The molecule has 3 heterocycles. The normalized spacial score (nSPS) is 20.2. The molecule has 0 N–H and O–H groups in total. The lowest BCUT2D eigenvalue weighted by Crippen LogP contribution is -2.33. The summed E-state index contributed by atoms with van der Waals surface area (Å²) in [7, 11) is 3.95. The van der Waals surface area contributed by atoms with Gasteiger partial charge in [-0.2, -0.15) is 0 Å². The van der Waals surface area contributed by atoms with Crippen LogP contribution in [0.2, 0.25) is 0 Å². The molecule has 1 saturated heterocycles. The molecule has 1 atom stereocenters. The first-order chi connectivity index (χ1) is 10.3. The Kier molecular flexibility index (Phi) is 4.51. The zero-order valence-corrected chi connectivity index (χ0v) is 13.0. The second-order valence-corrected chi connectivity index (χ2v) is 5.99. The molecule has 0 amide bonds. The monoisotopic (exact) mass is 288 g/mol. The fourth-order valence-electron chi connectivity index (χ4n) is 3.28. The molecular weight excluding hydrogens is 264 g/mol. The zero-order chi connectivity index (χ0) is 14.7. The van der Waals surface area contributed by atoms with Gasteiger partial charge in [-0.05, 0) is 44.5 Å². The van der Waals surface area contributed by atoms with Crippen molar-refractivity contribution in [2.75, 3.05) is 33.9 Å². The maximum atomic E-state index is 5.24. The van der Waals surface area contributed by atoms with Crippen molar-refractivity contribution < 1.29 is 4.74 Å². The molecule has 5 nitrogen and oxygen atoms in total. The van der Waals surface area contributed by atoms with E-state index in [1.54, 1.807) is 7.11 Å². The van der Waals surface area contributed by atoms with E-state index in [0.29, 0.717) is 12.5 Å². The Labute approximate surface area is 125 Å². The molecule has 1 aliphatic rings. The van der Waals surface area contributed by atoms with Crippen molar-refractivity contribution in [1.29, 1.82) is 0 Å². The minimum Gasteiger partial charge on any atom is -0.383 e. The van der Waals surface area contributed by atoms with Gasteiger partial charge >= 0.3 is 0 Å². The van der Waals surface area contributed by atoms with Gasteiger partial charge in [0.2, 0.25) is 0 Å². The van der Waals surface area contributed by atoms with Crippen molar-refractivity contribution in [3.63, 3.8) is 0 Å². The molecule has 2 aromatic rings. The lowest BCUT2D eigenvalue weighted by Gasteiger charge is -2.29. The van der Waals surface area contributed by atoms with Crippen molar-refractivity contribution in [3.05, 3.63) is 24.2 Å². The summed E-state index contributed by atoms with van der Waals surface area (Å²) < 4.78 is 7.47. The second kappa shape index (κ2) is 6.54. The third-order valence-electron chi connectivity index (χ3n) is 4.30. The van der Waals surface area contributed by atoms with Gasteiger partial charge in [0.05, 0.1) is 6.61 Å². The van der Waals surface area contributed by atoms with Crippen LogP contribution < -0.4 is 0 Å². The van der Waals surface area contributed by atoms with Gasteiger partial charge < -0.3 is 14.2 Å². The van der Waals surface area contributed by atoms with Gasteiger partial charge in [-0.15, -0.1) is 0 Å². The van der Waals surface area contributed by atoms with Gasteiger partial charge in [0.25, 0.3) is 0 Å². The van der Waals surface area contributed by atoms with Crippen LogP contribution in [0.1, 0.15) is 18.7 Å². The molecular formula is C16H24N4O. The van der Waals surface area contributed by atoms with E-state index < -0.39 is 0 Å². The van der Waals surface area contributed by atoms with Crippen LogP contribution in [0.5, 0.6) is 0 Å². The standard InChI is InChI=1S/C16H24N4O/c1-19-8-4-5-13(12-19)11-15-18-14-6-3-7-17-16(14)20(15)9-10-21-2/h3,6-7,13H,4-5,8-12H2,1-2H3. The topological polar surface area (TPSA) is 43.2 Å². The Balaban J connectivity index is 1.85. The Morgan fingerprint density at radius 3 is 3.14 bits per heavy atom. The quantitative estimate of drug-likeness (QED) is 0.843. The Hall–Kier alpha value is -1.46. The number of methoxy groups -OCH3 is 1. The van der Waals surface area contributed by atoms with Crippen LogP contribution in [-0.2, 0) is 17.7 Å². The number of fused-ring (bicyclic) bond motifs is 1. The first-order valence-corrected chi connectivity index (χ1v) is 7.75. The number of rotatable bonds is 5. The molecule has 1 unspecified atom stereocenters. The second-order valence-electron chi connectivity index (χ2n) is 5.99. The average Bonchev–Trinajstić information content (AvgIpc) is 2.82. The van der Waals surface area contributed by atoms with E-state index in [1.165, 1.54) is 25.9 Å². The minimum absolute atomic E-state index is 0.694. The van der Waals surface area contributed by atoms with Gasteiger partial charge in [0.15, 0.2) is 5.65 Å². The van der Waals surface area contributed by atoms with Crippen LogP contribution in [0.4, 0.5) is 0 Å². The van der Waals surface area contributed by atoms with Crippen molar-refractivity contribution >= 4 is 11.2 Å². The molecule has 0 aromatic carbocycles. The molecule has 1 fully saturated rings. The van der Waals surface area contributed by atoms with Crippen molar-refractivity contribution in [2.24, 2.45) is 5.92 Å². The number of piperidine rings is 1. The highest BCUT2D eigenvalue weighted by Gasteiger charge is 2.21. The molecule has 1 aliphatic heterocycles. The van der Waals surface area contributed by atoms with Gasteiger partial charge in [0, 0.05) is 32.8 Å². The molecule has 2 aromatic heterocycles. The Bertz CT molecular complexity index is 595. The highest BCUT2D eigenvalue weighted by Crippen LogP contribution is 2.22. The van der Waals surface area contributed by atoms with Crippen LogP contribution in [-0.4, -0.2) is 53.3 Å². The minimum atomic E-state index is 0.694. The number of imidazole rings is 1. The fraction of sp³-hybridized carbons (Fsp3) is 0.625. The van der Waals surface area contributed by atoms with Gasteiger partial charge in [-0.3, -0.25) is 0 Å². The van der Waals surface area contributed by atoms with Crippen LogP contribution in [0, 0.1) is 5.92 Å². The van der Waals surface area contributed by atoms with Gasteiger partial charge in [-0.25, -0.2) is 9.97 Å². The van der Waals surface area contributed by atoms with Crippen LogP contribution in [0.3, 0.4) is 0 Å². The van der Waals surface area contributed by atoms with E-state index in [2.05, 4.69) is 21.5 Å². The number of hydrogen-bond donors (Lipinski definition) is 0. The summed E-state index contributed by atoms with van der Waals surface area (Å²) in [5.74, 6) is 1.85. The molecule has 3 rings (SSSR count). The summed E-state index contributed by atoms with van der Waals surface area (Å²) in [4.78, 5) is 11.7. The Morgan fingerprint density at radius 2 is 2.33 bits per heavy atom. The van der Waals surface area contributed by atoms with Crippen LogP contribution in [0.25, 0.3) is 11.2 Å². The lowest BCUT2D eigenvalue weighted by molar-refractivity contribution is 0.184. The fourth-order valence-corrected chi connectivity index (χ4v) is 3.28. The summed E-state index contributed by atoms with van der Waals surface area (Å²) >= 11 is 0. The van der Waals surface area contributed by atoms with Crippen LogP contribution >= 0.6 is 0 Å². The predicted molar refractivity (Wildman–Crippen MR) is 83.3 cm³/mol. The molecule has 5 heteroatoms. The third kappa shape index (κ3) is 3.24. The summed E-state index contributed by atoms with van der Waals surface area (Å²) in [5.41, 5.74) is 1.97. The van der Waals surface area contributed by atoms with E-state index in [-0.39, 0.29) is 0 Å². The molecule has 0 spiro atoms. The number of aromatic nitrogens is 3. The van der Waals surface area contributed by atoms with Crippen molar-refractivity contribution in [2.45, 2.75) is 25.8 Å². The van der Waals surface area contributed by atoms with Gasteiger partial charge in [-0.1, -0.05) is 0 Å². The molecule has 0 saturated carbocycles. The SMILES string of the molecule is COCCn1c(CC2CCCN(C)C2)nc2cccnc21. The zero-order valence-electron chi connectivity index (χ0n) is 13.0. The maximum absolute atomic E-state index is 5.24. The summed E-state index contributed by atoms with van der Waals surface area (Å²) in [5, 5.41) is 0. The Morgan fingerprint density at radius 1 is 1.43 bits per heavy atom. The molecule has 21 heavy (non-hydrogen) atoms. The van der Waals surface area contributed by atoms with E-state index in [1.807, 2.05) is 18.3 Å². The van der Waals surface area contributed by atoms with Gasteiger partial charge in [0.1, 0.15) is 11.3 Å². The van der Waals surface area contributed by atoms with E-state index in [0.717, 1.165) is 30.0 Å². The maximum Gasteiger partial charge on any atom is 0.160 e. The first kappa shape index (κ1) is 14.5. The lowest BCUT2D eigenvalue weighted by atomic mass is 9.95. The molecule has 0 aliphatic carbocycles. The van der Waals surface area contributed by atoms with Crippen molar-refractivity contribution in [1.82, 2.24) is 19.4 Å². The summed E-state index contributed by atoms with van der Waals surface area (Å²) in [6.07, 6.45) is 5.46. The predicted octanol–water partition coefficient (Wildman–Crippen LogP) is 1.96. The van der Waals surface area contributed by atoms with Crippen molar-refractivity contribution in [3.8, 4) is 0 Å². The highest BCUT2D eigenvalue weighted by molar-refractivity contribution is 5.71. The average molecular weight is 288 g/mol. The van der Waals surface area contributed by atoms with Crippen LogP contribution in [0.15, 0.2) is 18.3 Å². The molecule has 0 radical (unpaired) electrons. The summed E-state index contributed by atoms with van der Waals surface area (Å²) in [6.45, 7) is 3.90. The molecule has 0 bridgehead atoms. The highest BCUT2D eigenvalue weighted by atomic mass is 16.5. The molecule has 114 valence electrons. The number of pyridine rings is 1. The number of nitrogens with zero attached hydrogens (tertiary/aromatic N) is 4. The first-order valence-electron chi connectivity index (χ1n) is 7.75. The summed E-state index contributed by atoms with van der Waals surface area (Å²) in [6, 6.07) is 4.00. The number of ether oxygens (including phenoxy) is 1. The largest absolute Gasteiger partial charge is 0.383 e. The third-order valence-corrected chi connectivity index (χ3v) is 4.30. The van der Waals surface area contributed by atoms with E-state index >= 15 is 0 Å². The van der Waals surface area contributed by atoms with E-state index in [4.69, 9.17) is 9.72 Å². The smallest absolute Gasteiger partial charge is 0.160 e. The number of likely N-dealkylation sites (tertiary alicyclic amines) is 1.